The number of ether oxygens (including phenoxy) is 1. The quantitative estimate of drug-likeness (QED) is 0.614. The van der Waals surface area contributed by atoms with Crippen LogP contribution in [0.3, 0.4) is 0 Å². The van der Waals surface area contributed by atoms with E-state index < -0.39 is 5.41 Å². The fourth-order valence-electron chi connectivity index (χ4n) is 2.86. The molecule has 0 aromatic heterocycles. The van der Waals surface area contributed by atoms with Crippen molar-refractivity contribution in [1.82, 2.24) is 4.90 Å². The van der Waals surface area contributed by atoms with Gasteiger partial charge in [0.05, 0.1) is 12.5 Å². The standard InChI is InChI=1S/C16H21NO2/c1-3-11-17-12-9-16(10-13-17,15(18)19-2)14-7-5-4-6-8-14/h3-8H,1,9-13H2,2H3. The van der Waals surface area contributed by atoms with Gasteiger partial charge in [-0.3, -0.25) is 9.69 Å². The summed E-state index contributed by atoms with van der Waals surface area (Å²) in [5, 5.41) is 0. The monoisotopic (exact) mass is 259 g/mol. The molecule has 1 aromatic carbocycles. The van der Waals surface area contributed by atoms with Crippen LogP contribution in [0.2, 0.25) is 0 Å². The fraction of sp³-hybridized carbons (Fsp3) is 0.438. The molecule has 0 saturated carbocycles. The van der Waals surface area contributed by atoms with E-state index in [9.17, 15) is 4.79 Å². The van der Waals surface area contributed by atoms with Gasteiger partial charge in [0.1, 0.15) is 0 Å². The van der Waals surface area contributed by atoms with Gasteiger partial charge in [0.25, 0.3) is 0 Å². The van der Waals surface area contributed by atoms with Crippen molar-refractivity contribution in [3.8, 4) is 0 Å². The molecular formula is C16H21NO2. The third-order valence-electron chi connectivity index (χ3n) is 4.00. The molecule has 0 amide bonds. The molecule has 1 heterocycles. The maximum Gasteiger partial charge on any atom is 0.316 e. The van der Waals surface area contributed by atoms with E-state index in [4.69, 9.17) is 4.74 Å². The molecule has 0 spiro atoms. The molecule has 0 unspecified atom stereocenters. The number of benzene rings is 1. The van der Waals surface area contributed by atoms with Crippen molar-refractivity contribution in [3.05, 3.63) is 48.6 Å². The van der Waals surface area contributed by atoms with Crippen LogP contribution < -0.4 is 0 Å². The van der Waals surface area contributed by atoms with E-state index in [-0.39, 0.29) is 5.97 Å². The lowest BCUT2D eigenvalue weighted by molar-refractivity contribution is -0.149. The number of carbonyl (C=O) groups excluding carboxylic acids is 1. The van der Waals surface area contributed by atoms with E-state index in [1.807, 2.05) is 36.4 Å². The molecule has 1 aliphatic heterocycles. The molecule has 3 nitrogen and oxygen atoms in total. The van der Waals surface area contributed by atoms with Crippen LogP contribution >= 0.6 is 0 Å². The van der Waals surface area contributed by atoms with E-state index in [1.54, 1.807) is 0 Å². The Labute approximate surface area is 114 Å². The number of likely N-dealkylation sites (tertiary alicyclic amines) is 1. The third kappa shape index (κ3) is 2.71. The van der Waals surface area contributed by atoms with Gasteiger partial charge < -0.3 is 4.74 Å². The number of piperidine rings is 1. The Bertz CT molecular complexity index is 433. The number of carbonyl (C=O) groups is 1. The first-order chi connectivity index (χ1) is 9.23. The molecule has 3 heteroatoms. The van der Waals surface area contributed by atoms with Gasteiger partial charge >= 0.3 is 5.97 Å². The minimum absolute atomic E-state index is 0.114. The SMILES string of the molecule is C=CCN1CCC(C(=O)OC)(c2ccccc2)CC1. The number of methoxy groups -OCH3 is 1. The van der Waals surface area contributed by atoms with Gasteiger partial charge in [0, 0.05) is 6.54 Å². The van der Waals surface area contributed by atoms with Gasteiger partial charge in [0.2, 0.25) is 0 Å². The summed E-state index contributed by atoms with van der Waals surface area (Å²) in [5.74, 6) is -0.114. The van der Waals surface area contributed by atoms with Crippen molar-refractivity contribution < 1.29 is 9.53 Å². The maximum atomic E-state index is 12.3. The minimum Gasteiger partial charge on any atom is -0.468 e. The lowest BCUT2D eigenvalue weighted by Gasteiger charge is -2.39. The van der Waals surface area contributed by atoms with Gasteiger partial charge in [0.15, 0.2) is 0 Å². The number of hydrogen-bond acceptors (Lipinski definition) is 3. The van der Waals surface area contributed by atoms with Crippen LogP contribution in [0.25, 0.3) is 0 Å². The molecule has 1 aromatic rings. The van der Waals surface area contributed by atoms with Crippen LogP contribution in [0.5, 0.6) is 0 Å². The van der Waals surface area contributed by atoms with Crippen LogP contribution in [0.4, 0.5) is 0 Å². The first kappa shape index (κ1) is 13.8. The van der Waals surface area contributed by atoms with E-state index in [0.717, 1.165) is 38.0 Å². The second-order valence-corrected chi connectivity index (χ2v) is 5.03. The van der Waals surface area contributed by atoms with Crippen LogP contribution in [0.15, 0.2) is 43.0 Å². The van der Waals surface area contributed by atoms with E-state index in [0.29, 0.717) is 0 Å². The molecule has 0 atom stereocenters. The smallest absolute Gasteiger partial charge is 0.316 e. The Morgan fingerprint density at radius 3 is 2.53 bits per heavy atom. The highest BCUT2D eigenvalue weighted by Gasteiger charge is 2.43. The first-order valence-electron chi connectivity index (χ1n) is 6.70. The second-order valence-electron chi connectivity index (χ2n) is 5.03. The molecule has 1 fully saturated rings. The van der Waals surface area contributed by atoms with Crippen molar-refractivity contribution in [1.29, 1.82) is 0 Å². The summed E-state index contributed by atoms with van der Waals surface area (Å²) in [6.45, 7) is 6.45. The zero-order chi connectivity index (χ0) is 13.7. The molecule has 1 aliphatic rings. The van der Waals surface area contributed by atoms with Crippen LogP contribution in [-0.2, 0) is 14.9 Å². The topological polar surface area (TPSA) is 29.5 Å². The zero-order valence-electron chi connectivity index (χ0n) is 11.5. The Morgan fingerprint density at radius 1 is 1.37 bits per heavy atom. The van der Waals surface area contributed by atoms with Crippen molar-refractivity contribution in [3.63, 3.8) is 0 Å². The largest absolute Gasteiger partial charge is 0.468 e. The lowest BCUT2D eigenvalue weighted by Crippen LogP contribution is -2.47. The van der Waals surface area contributed by atoms with E-state index in [2.05, 4.69) is 11.5 Å². The number of esters is 1. The highest BCUT2D eigenvalue weighted by atomic mass is 16.5. The lowest BCUT2D eigenvalue weighted by atomic mass is 9.72. The van der Waals surface area contributed by atoms with Crippen LogP contribution in [0, 0.1) is 0 Å². The highest BCUT2D eigenvalue weighted by Crippen LogP contribution is 2.36. The fourth-order valence-corrected chi connectivity index (χ4v) is 2.86. The predicted molar refractivity (Wildman–Crippen MR) is 76.0 cm³/mol. The minimum atomic E-state index is -0.478. The molecule has 0 radical (unpaired) electrons. The first-order valence-corrected chi connectivity index (χ1v) is 6.70. The molecule has 19 heavy (non-hydrogen) atoms. The summed E-state index contributed by atoms with van der Waals surface area (Å²) >= 11 is 0. The molecular weight excluding hydrogens is 238 g/mol. The summed E-state index contributed by atoms with van der Waals surface area (Å²) in [6, 6.07) is 9.99. The van der Waals surface area contributed by atoms with Crippen LogP contribution in [0.1, 0.15) is 18.4 Å². The van der Waals surface area contributed by atoms with Crippen molar-refractivity contribution in [2.45, 2.75) is 18.3 Å². The molecule has 0 N–H and O–H groups in total. The van der Waals surface area contributed by atoms with E-state index >= 15 is 0 Å². The van der Waals surface area contributed by atoms with Crippen LogP contribution in [-0.4, -0.2) is 37.6 Å². The highest BCUT2D eigenvalue weighted by molar-refractivity contribution is 5.83. The molecule has 0 bridgehead atoms. The Morgan fingerprint density at radius 2 is 2.00 bits per heavy atom. The summed E-state index contributed by atoms with van der Waals surface area (Å²) in [5.41, 5.74) is 0.591. The molecule has 1 saturated heterocycles. The predicted octanol–water partition coefficient (Wildman–Crippen LogP) is 2.38. The third-order valence-corrected chi connectivity index (χ3v) is 4.00. The van der Waals surface area contributed by atoms with Gasteiger partial charge in [-0.05, 0) is 31.5 Å². The Balaban J connectivity index is 2.24. The van der Waals surface area contributed by atoms with Crippen molar-refractivity contribution in [2.24, 2.45) is 0 Å². The van der Waals surface area contributed by atoms with Gasteiger partial charge in [-0.25, -0.2) is 0 Å². The zero-order valence-corrected chi connectivity index (χ0v) is 11.5. The van der Waals surface area contributed by atoms with Crippen molar-refractivity contribution in [2.75, 3.05) is 26.7 Å². The number of nitrogens with zero attached hydrogens (tertiary/aromatic N) is 1. The molecule has 2 rings (SSSR count). The Hall–Kier alpha value is -1.61. The van der Waals surface area contributed by atoms with Gasteiger partial charge in [-0.15, -0.1) is 6.58 Å². The summed E-state index contributed by atoms with van der Waals surface area (Å²) in [6.07, 6.45) is 3.52. The van der Waals surface area contributed by atoms with Crippen molar-refractivity contribution >= 4 is 5.97 Å². The molecule has 0 aliphatic carbocycles. The average Bonchev–Trinajstić information content (AvgIpc) is 2.48. The molecule has 102 valence electrons. The van der Waals surface area contributed by atoms with E-state index in [1.165, 1.54) is 7.11 Å². The maximum absolute atomic E-state index is 12.3. The second kappa shape index (κ2) is 6.02. The van der Waals surface area contributed by atoms with Gasteiger partial charge in [-0.1, -0.05) is 36.4 Å². The van der Waals surface area contributed by atoms with Gasteiger partial charge in [-0.2, -0.15) is 0 Å². The average molecular weight is 259 g/mol. The number of hydrogen-bond donors (Lipinski definition) is 0. The summed E-state index contributed by atoms with van der Waals surface area (Å²) in [4.78, 5) is 14.6. The normalized spacial score (nSPS) is 18.8. The summed E-state index contributed by atoms with van der Waals surface area (Å²) in [7, 11) is 1.48. The number of rotatable bonds is 4. The summed E-state index contributed by atoms with van der Waals surface area (Å²) < 4.78 is 5.07. The Kier molecular flexibility index (Phi) is 4.38.